The van der Waals surface area contributed by atoms with Crippen molar-refractivity contribution >= 4 is 0 Å². The monoisotopic (exact) mass is 261 g/mol. The zero-order chi connectivity index (χ0) is 14.0. The van der Waals surface area contributed by atoms with Crippen LogP contribution in [0, 0.1) is 5.92 Å². The Balaban J connectivity index is 1.84. The van der Waals surface area contributed by atoms with E-state index in [0.717, 1.165) is 24.1 Å². The number of nitrogens with one attached hydrogen (secondary N) is 1. The number of ether oxygens (including phenoxy) is 1. The van der Waals surface area contributed by atoms with Crippen molar-refractivity contribution in [2.24, 2.45) is 5.92 Å². The van der Waals surface area contributed by atoms with E-state index < -0.39 is 0 Å². The Labute approximate surface area is 117 Å². The predicted molar refractivity (Wildman–Crippen MR) is 80.8 cm³/mol. The topological polar surface area (TPSA) is 21.3 Å². The molecule has 0 saturated heterocycles. The lowest BCUT2D eigenvalue weighted by Crippen LogP contribution is -2.37. The molecule has 0 amide bonds. The summed E-state index contributed by atoms with van der Waals surface area (Å²) < 4.78 is 5.68. The minimum Gasteiger partial charge on any atom is -0.491 e. The zero-order valence-corrected chi connectivity index (χ0v) is 12.9. The van der Waals surface area contributed by atoms with Gasteiger partial charge in [0, 0.05) is 5.54 Å². The van der Waals surface area contributed by atoms with Gasteiger partial charge < -0.3 is 10.1 Å². The van der Waals surface area contributed by atoms with Gasteiger partial charge in [0.25, 0.3) is 0 Å². The van der Waals surface area contributed by atoms with Crippen LogP contribution in [0.15, 0.2) is 24.3 Å². The Kier molecular flexibility index (Phi) is 4.19. The second-order valence-corrected chi connectivity index (χ2v) is 6.97. The Hall–Kier alpha value is -1.02. The summed E-state index contributed by atoms with van der Waals surface area (Å²) in [6.45, 7) is 11.9. The normalized spacial score (nSPS) is 22.6. The van der Waals surface area contributed by atoms with Gasteiger partial charge in [0.2, 0.25) is 0 Å². The van der Waals surface area contributed by atoms with E-state index >= 15 is 0 Å². The van der Waals surface area contributed by atoms with E-state index in [2.05, 4.69) is 64.2 Å². The van der Waals surface area contributed by atoms with Crippen molar-refractivity contribution < 1.29 is 4.74 Å². The summed E-state index contributed by atoms with van der Waals surface area (Å²) >= 11 is 0. The van der Waals surface area contributed by atoms with Crippen LogP contribution in [0.25, 0.3) is 0 Å². The fourth-order valence-electron chi connectivity index (χ4n) is 2.38. The van der Waals surface area contributed by atoms with Gasteiger partial charge in [-0.1, -0.05) is 12.1 Å². The summed E-state index contributed by atoms with van der Waals surface area (Å²) in [5, 5.41) is 3.60. The summed E-state index contributed by atoms with van der Waals surface area (Å²) in [6, 6.07) is 8.64. The number of hydrogen-bond donors (Lipinski definition) is 1. The fourth-order valence-corrected chi connectivity index (χ4v) is 2.38. The molecular formula is C17H27NO. The average molecular weight is 261 g/mol. The van der Waals surface area contributed by atoms with Crippen molar-refractivity contribution in [2.45, 2.75) is 58.6 Å². The maximum absolute atomic E-state index is 5.68. The van der Waals surface area contributed by atoms with Crippen molar-refractivity contribution in [1.82, 2.24) is 5.32 Å². The molecule has 1 aliphatic rings. The Morgan fingerprint density at radius 3 is 2.37 bits per heavy atom. The van der Waals surface area contributed by atoms with Crippen molar-refractivity contribution in [3.63, 3.8) is 0 Å². The van der Waals surface area contributed by atoms with E-state index in [1.54, 1.807) is 0 Å². The minimum absolute atomic E-state index is 0.224. The van der Waals surface area contributed by atoms with Gasteiger partial charge in [-0.3, -0.25) is 0 Å². The third kappa shape index (κ3) is 4.54. The quantitative estimate of drug-likeness (QED) is 0.866. The molecule has 1 fully saturated rings. The van der Waals surface area contributed by atoms with E-state index in [1.807, 2.05) is 0 Å². The first-order chi connectivity index (χ1) is 8.85. The van der Waals surface area contributed by atoms with Crippen LogP contribution < -0.4 is 10.1 Å². The summed E-state index contributed by atoms with van der Waals surface area (Å²) in [4.78, 5) is 0. The lowest BCUT2D eigenvalue weighted by Gasteiger charge is -2.20. The van der Waals surface area contributed by atoms with Gasteiger partial charge in [-0.05, 0) is 77.1 Å². The highest BCUT2D eigenvalue weighted by atomic mass is 16.5. The Bertz CT molecular complexity index is 402. The average Bonchev–Trinajstić information content (AvgIpc) is 3.05. The molecule has 1 saturated carbocycles. The van der Waals surface area contributed by atoms with E-state index in [4.69, 9.17) is 4.74 Å². The molecule has 106 valence electrons. The van der Waals surface area contributed by atoms with Gasteiger partial charge in [0.05, 0.1) is 6.10 Å². The van der Waals surface area contributed by atoms with Crippen molar-refractivity contribution in [3.8, 4) is 5.75 Å². The molecule has 2 atom stereocenters. The first-order valence-corrected chi connectivity index (χ1v) is 7.37. The Morgan fingerprint density at radius 2 is 1.84 bits per heavy atom. The number of rotatable bonds is 5. The van der Waals surface area contributed by atoms with E-state index in [1.165, 1.54) is 12.0 Å². The molecule has 1 N–H and O–H groups in total. The summed E-state index contributed by atoms with van der Waals surface area (Å²) in [7, 11) is 0. The van der Waals surface area contributed by atoms with Crippen LogP contribution in [0.3, 0.4) is 0 Å². The number of hydrogen-bond acceptors (Lipinski definition) is 2. The van der Waals surface area contributed by atoms with Crippen LogP contribution in [0.4, 0.5) is 0 Å². The molecule has 2 rings (SSSR count). The fraction of sp³-hybridized carbons (Fsp3) is 0.647. The molecule has 0 radical (unpaired) electrons. The highest BCUT2D eigenvalue weighted by Gasteiger charge is 2.38. The molecule has 0 spiro atoms. The van der Waals surface area contributed by atoms with E-state index in [-0.39, 0.29) is 11.6 Å². The van der Waals surface area contributed by atoms with Crippen LogP contribution in [0.1, 0.15) is 52.5 Å². The smallest absolute Gasteiger partial charge is 0.119 e. The molecule has 0 aliphatic heterocycles. The first kappa shape index (κ1) is 14.4. The van der Waals surface area contributed by atoms with Crippen LogP contribution in [-0.4, -0.2) is 18.2 Å². The van der Waals surface area contributed by atoms with Gasteiger partial charge in [-0.25, -0.2) is 0 Å². The highest BCUT2D eigenvalue weighted by Crippen LogP contribution is 2.47. The molecule has 0 heterocycles. The van der Waals surface area contributed by atoms with Gasteiger partial charge in [-0.15, -0.1) is 0 Å². The standard InChI is InChI=1S/C17H27NO/c1-12(2)19-15-8-6-13(7-9-15)16-10-14(16)11-18-17(3,4)5/h6-9,12,14,16,18H,10-11H2,1-5H3. The second kappa shape index (κ2) is 5.54. The van der Waals surface area contributed by atoms with Gasteiger partial charge in [-0.2, -0.15) is 0 Å². The summed E-state index contributed by atoms with van der Waals surface area (Å²) in [6.07, 6.45) is 1.56. The molecule has 1 aromatic rings. The first-order valence-electron chi connectivity index (χ1n) is 7.37. The summed E-state index contributed by atoms with van der Waals surface area (Å²) in [5.74, 6) is 2.52. The molecule has 2 unspecified atom stereocenters. The molecule has 2 nitrogen and oxygen atoms in total. The predicted octanol–water partition coefficient (Wildman–Crippen LogP) is 3.97. The second-order valence-electron chi connectivity index (χ2n) is 6.97. The minimum atomic E-state index is 0.224. The van der Waals surface area contributed by atoms with Crippen molar-refractivity contribution in [3.05, 3.63) is 29.8 Å². The molecule has 19 heavy (non-hydrogen) atoms. The maximum Gasteiger partial charge on any atom is 0.119 e. The van der Waals surface area contributed by atoms with Crippen LogP contribution in [-0.2, 0) is 0 Å². The van der Waals surface area contributed by atoms with Gasteiger partial charge in [0.15, 0.2) is 0 Å². The van der Waals surface area contributed by atoms with Gasteiger partial charge >= 0.3 is 0 Å². The van der Waals surface area contributed by atoms with Crippen molar-refractivity contribution in [1.29, 1.82) is 0 Å². The van der Waals surface area contributed by atoms with Crippen LogP contribution in [0.5, 0.6) is 5.75 Å². The largest absolute Gasteiger partial charge is 0.491 e. The van der Waals surface area contributed by atoms with E-state index in [9.17, 15) is 0 Å². The molecule has 1 aromatic carbocycles. The third-order valence-electron chi connectivity index (χ3n) is 3.50. The molecule has 0 bridgehead atoms. The third-order valence-corrected chi connectivity index (χ3v) is 3.50. The molecule has 2 heteroatoms. The molecule has 1 aliphatic carbocycles. The number of benzene rings is 1. The lowest BCUT2D eigenvalue weighted by molar-refractivity contribution is 0.242. The lowest BCUT2D eigenvalue weighted by atomic mass is 10.1. The zero-order valence-electron chi connectivity index (χ0n) is 12.9. The molecular weight excluding hydrogens is 234 g/mol. The van der Waals surface area contributed by atoms with Crippen LogP contribution in [0.2, 0.25) is 0 Å². The summed E-state index contributed by atoms with van der Waals surface area (Å²) in [5.41, 5.74) is 1.68. The Morgan fingerprint density at radius 1 is 1.21 bits per heavy atom. The SMILES string of the molecule is CC(C)Oc1ccc(C2CC2CNC(C)(C)C)cc1. The maximum atomic E-state index is 5.68. The van der Waals surface area contributed by atoms with E-state index in [0.29, 0.717) is 0 Å². The van der Waals surface area contributed by atoms with Crippen molar-refractivity contribution in [2.75, 3.05) is 6.54 Å². The van der Waals surface area contributed by atoms with Gasteiger partial charge in [0.1, 0.15) is 5.75 Å². The molecule has 0 aromatic heterocycles. The highest BCUT2D eigenvalue weighted by molar-refractivity contribution is 5.32. The van der Waals surface area contributed by atoms with Crippen LogP contribution >= 0.6 is 0 Å².